The summed E-state index contributed by atoms with van der Waals surface area (Å²) in [5.41, 5.74) is 1.03. The first kappa shape index (κ1) is 14.5. The van der Waals surface area contributed by atoms with Gasteiger partial charge < -0.3 is 5.32 Å². The van der Waals surface area contributed by atoms with Crippen LogP contribution in [0.3, 0.4) is 0 Å². The number of nitrogens with zero attached hydrogens (tertiary/aromatic N) is 3. The fraction of sp³-hybridized carbons (Fsp3) is 0.357. The molecule has 2 rings (SSSR count). The van der Waals surface area contributed by atoms with Gasteiger partial charge in [-0.05, 0) is 18.1 Å². The third-order valence-corrected chi connectivity index (χ3v) is 3.56. The van der Waals surface area contributed by atoms with Gasteiger partial charge in [0.1, 0.15) is 9.88 Å². The van der Waals surface area contributed by atoms with Crippen molar-refractivity contribution in [2.45, 2.75) is 20.4 Å². The molecule has 5 nitrogen and oxygen atoms in total. The van der Waals surface area contributed by atoms with Gasteiger partial charge in [-0.2, -0.15) is 5.10 Å². The van der Waals surface area contributed by atoms with Crippen molar-refractivity contribution in [3.8, 4) is 0 Å². The third kappa shape index (κ3) is 3.77. The fourth-order valence-corrected chi connectivity index (χ4v) is 2.47. The van der Waals surface area contributed by atoms with Crippen molar-refractivity contribution >= 4 is 29.4 Å². The monoisotopic (exact) mass is 290 g/mol. The molecule has 0 aliphatic rings. The van der Waals surface area contributed by atoms with Crippen LogP contribution in [0.15, 0.2) is 18.6 Å². The smallest absolute Gasteiger partial charge is 0.262 e. The summed E-state index contributed by atoms with van der Waals surface area (Å²) in [7, 11) is 1.61. The number of thiazole rings is 1. The summed E-state index contributed by atoms with van der Waals surface area (Å²) in [6, 6.07) is 0. The summed E-state index contributed by atoms with van der Waals surface area (Å²) >= 11 is 1.37. The minimum absolute atomic E-state index is 0.105. The lowest BCUT2D eigenvalue weighted by molar-refractivity contribution is 0.0967. The van der Waals surface area contributed by atoms with Crippen molar-refractivity contribution in [1.82, 2.24) is 20.1 Å². The molecule has 0 aromatic carbocycles. The molecule has 20 heavy (non-hydrogen) atoms. The highest BCUT2D eigenvalue weighted by Gasteiger charge is 2.06. The summed E-state index contributed by atoms with van der Waals surface area (Å²) in [5, 5.41) is 7.69. The Balaban J connectivity index is 2.03. The van der Waals surface area contributed by atoms with Gasteiger partial charge in [-0.3, -0.25) is 9.48 Å². The molecule has 2 aromatic heterocycles. The Hall–Kier alpha value is -1.95. The van der Waals surface area contributed by atoms with Crippen molar-refractivity contribution in [3.05, 3.63) is 34.0 Å². The third-order valence-electron chi connectivity index (χ3n) is 2.60. The van der Waals surface area contributed by atoms with Gasteiger partial charge in [0.2, 0.25) is 0 Å². The normalized spacial score (nSPS) is 11.4. The van der Waals surface area contributed by atoms with Crippen LogP contribution in [0.1, 0.15) is 34.1 Å². The number of carbonyl (C=O) groups is 1. The number of amides is 1. The second-order valence-electron chi connectivity index (χ2n) is 4.86. The molecule has 0 saturated heterocycles. The van der Waals surface area contributed by atoms with Crippen molar-refractivity contribution in [1.29, 1.82) is 0 Å². The van der Waals surface area contributed by atoms with Gasteiger partial charge in [-0.15, -0.1) is 11.3 Å². The van der Waals surface area contributed by atoms with E-state index in [4.69, 9.17) is 0 Å². The lowest BCUT2D eigenvalue weighted by Gasteiger charge is -2.02. The second-order valence-corrected chi connectivity index (χ2v) is 5.93. The van der Waals surface area contributed by atoms with Gasteiger partial charge in [0.05, 0.1) is 12.4 Å². The van der Waals surface area contributed by atoms with Crippen LogP contribution < -0.4 is 5.32 Å². The fourth-order valence-electron chi connectivity index (χ4n) is 1.70. The van der Waals surface area contributed by atoms with Crippen molar-refractivity contribution in [2.75, 3.05) is 7.05 Å². The molecule has 6 heteroatoms. The first-order valence-electron chi connectivity index (χ1n) is 6.47. The van der Waals surface area contributed by atoms with Crippen molar-refractivity contribution in [2.24, 2.45) is 5.92 Å². The van der Waals surface area contributed by atoms with E-state index in [-0.39, 0.29) is 5.91 Å². The molecule has 0 atom stereocenters. The standard InChI is InChI=1S/C14H18N4OS/c1-10(2)8-18-9-11(6-17-18)4-5-13-16-7-12(20-13)14(19)15-3/h4-7,9-10H,8H2,1-3H3,(H,15,19). The van der Waals surface area contributed by atoms with Gasteiger partial charge in [-0.1, -0.05) is 13.8 Å². The van der Waals surface area contributed by atoms with E-state index < -0.39 is 0 Å². The number of hydrogen-bond acceptors (Lipinski definition) is 4. The van der Waals surface area contributed by atoms with E-state index in [9.17, 15) is 4.79 Å². The Bertz CT molecular complexity index is 612. The Morgan fingerprint density at radius 1 is 1.45 bits per heavy atom. The lowest BCUT2D eigenvalue weighted by Crippen LogP contribution is -2.16. The second kappa shape index (κ2) is 6.47. The van der Waals surface area contributed by atoms with E-state index in [2.05, 4.69) is 29.2 Å². The van der Waals surface area contributed by atoms with Crippen LogP contribution in [-0.2, 0) is 6.54 Å². The summed E-state index contributed by atoms with van der Waals surface area (Å²) in [4.78, 5) is 16.2. The van der Waals surface area contributed by atoms with Crippen molar-refractivity contribution in [3.63, 3.8) is 0 Å². The first-order valence-corrected chi connectivity index (χ1v) is 7.28. The average Bonchev–Trinajstić information content (AvgIpc) is 3.04. The minimum atomic E-state index is -0.105. The molecule has 0 radical (unpaired) electrons. The number of nitrogens with one attached hydrogen (secondary N) is 1. The van der Waals surface area contributed by atoms with Crippen molar-refractivity contribution < 1.29 is 4.79 Å². The molecule has 0 aliphatic heterocycles. The highest BCUT2D eigenvalue weighted by Crippen LogP contribution is 2.15. The predicted molar refractivity (Wildman–Crippen MR) is 81.5 cm³/mol. The first-order chi connectivity index (χ1) is 9.58. The highest BCUT2D eigenvalue weighted by molar-refractivity contribution is 7.14. The molecule has 0 bridgehead atoms. The van der Waals surface area contributed by atoms with Gasteiger partial charge in [0, 0.05) is 25.4 Å². The molecule has 0 saturated carbocycles. The van der Waals surface area contributed by atoms with E-state index in [1.54, 1.807) is 13.2 Å². The molecule has 1 N–H and O–H groups in total. The summed E-state index contributed by atoms with van der Waals surface area (Å²) in [5.74, 6) is 0.465. The van der Waals surface area contributed by atoms with Crippen LogP contribution in [0, 0.1) is 5.92 Å². The minimum Gasteiger partial charge on any atom is -0.354 e. The molecule has 0 fully saturated rings. The largest absolute Gasteiger partial charge is 0.354 e. The van der Waals surface area contributed by atoms with Crippen LogP contribution in [0.25, 0.3) is 12.2 Å². The van der Waals surface area contributed by atoms with E-state index in [1.165, 1.54) is 11.3 Å². The lowest BCUT2D eigenvalue weighted by atomic mass is 10.2. The Morgan fingerprint density at radius 3 is 2.95 bits per heavy atom. The van der Waals surface area contributed by atoms with Crippen LogP contribution >= 0.6 is 11.3 Å². The molecule has 106 valence electrons. The molecular formula is C14H18N4OS. The van der Waals surface area contributed by atoms with E-state index in [0.717, 1.165) is 17.1 Å². The topological polar surface area (TPSA) is 59.8 Å². The Kier molecular flexibility index (Phi) is 4.68. The maximum Gasteiger partial charge on any atom is 0.262 e. The zero-order valence-corrected chi connectivity index (χ0v) is 12.6. The zero-order valence-electron chi connectivity index (χ0n) is 11.8. The van der Waals surface area contributed by atoms with E-state index in [0.29, 0.717) is 10.8 Å². The molecule has 0 unspecified atom stereocenters. The van der Waals surface area contributed by atoms with Crippen LogP contribution in [0.4, 0.5) is 0 Å². The highest BCUT2D eigenvalue weighted by atomic mass is 32.1. The predicted octanol–water partition coefficient (Wildman–Crippen LogP) is 2.53. The molecule has 2 aromatic rings. The average molecular weight is 290 g/mol. The maximum absolute atomic E-state index is 11.4. The Morgan fingerprint density at radius 2 is 2.25 bits per heavy atom. The molecule has 0 aliphatic carbocycles. The van der Waals surface area contributed by atoms with Gasteiger partial charge in [-0.25, -0.2) is 4.98 Å². The van der Waals surface area contributed by atoms with Gasteiger partial charge in [0.15, 0.2) is 0 Å². The number of rotatable bonds is 5. The van der Waals surface area contributed by atoms with Crippen LogP contribution in [-0.4, -0.2) is 27.7 Å². The number of hydrogen-bond donors (Lipinski definition) is 1. The SMILES string of the molecule is CNC(=O)c1cnc(C=Cc2cnn(CC(C)C)c2)s1. The number of carbonyl (C=O) groups excluding carboxylic acids is 1. The number of aromatic nitrogens is 3. The van der Waals surface area contributed by atoms with Crippen LogP contribution in [0.5, 0.6) is 0 Å². The summed E-state index contributed by atoms with van der Waals surface area (Å²) < 4.78 is 1.93. The van der Waals surface area contributed by atoms with Gasteiger partial charge >= 0.3 is 0 Å². The maximum atomic E-state index is 11.4. The zero-order chi connectivity index (χ0) is 14.5. The molecule has 0 spiro atoms. The van der Waals surface area contributed by atoms with E-state index >= 15 is 0 Å². The van der Waals surface area contributed by atoms with Crippen LogP contribution in [0.2, 0.25) is 0 Å². The van der Waals surface area contributed by atoms with Gasteiger partial charge in [0.25, 0.3) is 5.91 Å². The summed E-state index contributed by atoms with van der Waals surface area (Å²) in [6.45, 7) is 5.23. The van der Waals surface area contributed by atoms with E-state index in [1.807, 2.05) is 29.2 Å². The molecular weight excluding hydrogens is 272 g/mol. The summed E-state index contributed by atoms with van der Waals surface area (Å²) in [6.07, 6.45) is 9.27. The molecule has 2 heterocycles. The quantitative estimate of drug-likeness (QED) is 0.920. The Labute approximate surface area is 122 Å². The molecule has 1 amide bonds.